The van der Waals surface area contributed by atoms with E-state index in [1.165, 1.54) is 5.56 Å². The van der Waals surface area contributed by atoms with Gasteiger partial charge in [0.05, 0.1) is 12.8 Å². The number of methoxy groups -OCH3 is 1. The van der Waals surface area contributed by atoms with Gasteiger partial charge in [0.2, 0.25) is 0 Å². The first-order valence-electron chi connectivity index (χ1n) is 7.54. The molecule has 1 aliphatic heterocycles. The zero-order valence-electron chi connectivity index (χ0n) is 13.6. The zero-order valence-corrected chi connectivity index (χ0v) is 13.6. The Morgan fingerprint density at radius 2 is 2.10 bits per heavy atom. The van der Waals surface area contributed by atoms with Crippen LogP contribution in [0, 0.1) is 0 Å². The molecule has 0 unspecified atom stereocenters. The standard InChI is InChI=1S/C17H25NO3/c1-6-12-9-10-18(16(19)21-17(2,3)4)15-11-13(20-5)7-8-14(12)15/h7-8,11-12H,6,9-10H2,1-5H3/t12-/m0/s1. The SMILES string of the molecule is CC[C@H]1CCN(C(=O)OC(C)(C)C)c2cc(OC)ccc21. The largest absolute Gasteiger partial charge is 0.497 e. The monoisotopic (exact) mass is 291 g/mol. The summed E-state index contributed by atoms with van der Waals surface area (Å²) in [6.07, 6.45) is 1.75. The fraction of sp³-hybridized carbons (Fsp3) is 0.588. The predicted octanol–water partition coefficient (Wildman–Crippen LogP) is 4.33. The van der Waals surface area contributed by atoms with Crippen LogP contribution in [0.25, 0.3) is 0 Å². The maximum Gasteiger partial charge on any atom is 0.414 e. The van der Waals surface area contributed by atoms with Gasteiger partial charge in [0, 0.05) is 12.6 Å². The molecule has 0 spiro atoms. The van der Waals surface area contributed by atoms with Gasteiger partial charge < -0.3 is 9.47 Å². The third-order valence-corrected chi connectivity index (χ3v) is 3.78. The van der Waals surface area contributed by atoms with Crippen molar-refractivity contribution >= 4 is 11.8 Å². The Hall–Kier alpha value is -1.71. The van der Waals surface area contributed by atoms with Gasteiger partial charge in [-0.15, -0.1) is 0 Å². The molecule has 1 heterocycles. The molecule has 0 aliphatic carbocycles. The normalized spacial score (nSPS) is 18.1. The predicted molar refractivity (Wildman–Crippen MR) is 84.2 cm³/mol. The summed E-state index contributed by atoms with van der Waals surface area (Å²) in [5, 5.41) is 0. The number of amides is 1. The van der Waals surface area contributed by atoms with Crippen molar-refractivity contribution in [2.24, 2.45) is 0 Å². The van der Waals surface area contributed by atoms with Crippen LogP contribution in [-0.4, -0.2) is 25.3 Å². The fourth-order valence-corrected chi connectivity index (χ4v) is 2.72. The summed E-state index contributed by atoms with van der Waals surface area (Å²) in [5.74, 6) is 1.25. The third-order valence-electron chi connectivity index (χ3n) is 3.78. The van der Waals surface area contributed by atoms with Crippen molar-refractivity contribution in [3.8, 4) is 5.75 Å². The molecular weight excluding hydrogens is 266 g/mol. The minimum Gasteiger partial charge on any atom is -0.497 e. The zero-order chi connectivity index (χ0) is 15.6. The van der Waals surface area contributed by atoms with Crippen LogP contribution in [0.3, 0.4) is 0 Å². The molecule has 0 bridgehead atoms. The van der Waals surface area contributed by atoms with Crippen molar-refractivity contribution in [1.82, 2.24) is 0 Å². The summed E-state index contributed by atoms with van der Waals surface area (Å²) in [7, 11) is 1.64. The Morgan fingerprint density at radius 1 is 1.38 bits per heavy atom. The van der Waals surface area contributed by atoms with Crippen molar-refractivity contribution < 1.29 is 14.3 Å². The molecule has 0 fully saturated rings. The molecule has 0 aromatic heterocycles. The van der Waals surface area contributed by atoms with E-state index in [0.29, 0.717) is 12.5 Å². The lowest BCUT2D eigenvalue weighted by Gasteiger charge is -2.35. The number of hydrogen-bond acceptors (Lipinski definition) is 3. The maximum atomic E-state index is 12.4. The van der Waals surface area contributed by atoms with Crippen LogP contribution in [-0.2, 0) is 4.74 Å². The van der Waals surface area contributed by atoms with Crippen LogP contribution in [0.2, 0.25) is 0 Å². The molecule has 4 heteroatoms. The quantitative estimate of drug-likeness (QED) is 0.814. The molecule has 0 saturated carbocycles. The van der Waals surface area contributed by atoms with E-state index in [2.05, 4.69) is 13.0 Å². The summed E-state index contributed by atoms with van der Waals surface area (Å²) >= 11 is 0. The number of rotatable bonds is 2. The summed E-state index contributed by atoms with van der Waals surface area (Å²) in [5.41, 5.74) is 1.63. The van der Waals surface area contributed by atoms with Gasteiger partial charge in [0.15, 0.2) is 0 Å². The van der Waals surface area contributed by atoms with Crippen molar-refractivity contribution in [2.45, 2.75) is 52.1 Å². The van der Waals surface area contributed by atoms with Gasteiger partial charge in [-0.2, -0.15) is 0 Å². The van der Waals surface area contributed by atoms with E-state index in [0.717, 1.165) is 24.3 Å². The number of fused-ring (bicyclic) bond motifs is 1. The average molecular weight is 291 g/mol. The van der Waals surface area contributed by atoms with Gasteiger partial charge >= 0.3 is 6.09 Å². The molecule has 4 nitrogen and oxygen atoms in total. The number of hydrogen-bond donors (Lipinski definition) is 0. The number of benzene rings is 1. The van der Waals surface area contributed by atoms with E-state index in [-0.39, 0.29) is 6.09 Å². The first kappa shape index (κ1) is 15.7. The van der Waals surface area contributed by atoms with Crippen LogP contribution < -0.4 is 9.64 Å². The minimum absolute atomic E-state index is 0.286. The summed E-state index contributed by atoms with van der Waals surface area (Å²) in [4.78, 5) is 14.2. The first-order chi connectivity index (χ1) is 9.85. The molecule has 1 aromatic rings. The molecule has 21 heavy (non-hydrogen) atoms. The highest BCUT2D eigenvalue weighted by atomic mass is 16.6. The van der Waals surface area contributed by atoms with Gasteiger partial charge in [0.1, 0.15) is 11.4 Å². The van der Waals surface area contributed by atoms with Crippen LogP contribution in [0.15, 0.2) is 18.2 Å². The number of carbonyl (C=O) groups is 1. The molecule has 1 atom stereocenters. The van der Waals surface area contributed by atoms with Crippen LogP contribution in [0.5, 0.6) is 5.75 Å². The molecule has 0 N–H and O–H groups in total. The van der Waals surface area contributed by atoms with E-state index in [4.69, 9.17) is 9.47 Å². The Bertz CT molecular complexity index is 519. The van der Waals surface area contributed by atoms with Crippen molar-refractivity contribution in [3.05, 3.63) is 23.8 Å². The van der Waals surface area contributed by atoms with Crippen molar-refractivity contribution in [3.63, 3.8) is 0 Å². The van der Waals surface area contributed by atoms with E-state index in [1.54, 1.807) is 12.0 Å². The van der Waals surface area contributed by atoms with Gasteiger partial charge in [-0.1, -0.05) is 13.0 Å². The van der Waals surface area contributed by atoms with Gasteiger partial charge in [0.25, 0.3) is 0 Å². The molecule has 0 radical (unpaired) electrons. The average Bonchev–Trinajstić information content (AvgIpc) is 2.43. The summed E-state index contributed by atoms with van der Waals surface area (Å²) in [6, 6.07) is 5.96. The Balaban J connectivity index is 2.36. The van der Waals surface area contributed by atoms with E-state index in [9.17, 15) is 4.79 Å². The highest BCUT2D eigenvalue weighted by molar-refractivity contribution is 5.90. The lowest BCUT2D eigenvalue weighted by molar-refractivity contribution is 0.0576. The highest BCUT2D eigenvalue weighted by Gasteiger charge is 2.31. The van der Waals surface area contributed by atoms with Crippen LogP contribution in [0.4, 0.5) is 10.5 Å². The molecule has 2 rings (SSSR count). The lowest BCUT2D eigenvalue weighted by atomic mass is 9.88. The first-order valence-corrected chi connectivity index (χ1v) is 7.54. The Kier molecular flexibility index (Phi) is 4.45. The molecule has 1 amide bonds. The topological polar surface area (TPSA) is 38.8 Å². The number of anilines is 1. The molecular formula is C17H25NO3. The Morgan fingerprint density at radius 3 is 2.67 bits per heavy atom. The second-order valence-electron chi connectivity index (χ2n) is 6.45. The van der Waals surface area contributed by atoms with Crippen LogP contribution in [0.1, 0.15) is 52.0 Å². The van der Waals surface area contributed by atoms with Crippen molar-refractivity contribution in [1.29, 1.82) is 0 Å². The number of carbonyl (C=O) groups excluding carboxylic acids is 1. The second kappa shape index (κ2) is 5.96. The number of nitrogens with zero attached hydrogens (tertiary/aromatic N) is 1. The third kappa shape index (κ3) is 3.49. The van der Waals surface area contributed by atoms with Gasteiger partial charge in [-0.05, 0) is 51.2 Å². The molecule has 116 valence electrons. The van der Waals surface area contributed by atoms with E-state index >= 15 is 0 Å². The second-order valence-corrected chi connectivity index (χ2v) is 6.45. The van der Waals surface area contributed by atoms with E-state index in [1.807, 2.05) is 32.9 Å². The lowest BCUT2D eigenvalue weighted by Crippen LogP contribution is -2.40. The van der Waals surface area contributed by atoms with Gasteiger partial charge in [-0.3, -0.25) is 4.90 Å². The molecule has 1 aliphatic rings. The van der Waals surface area contributed by atoms with Crippen LogP contribution >= 0.6 is 0 Å². The molecule has 0 saturated heterocycles. The number of ether oxygens (including phenoxy) is 2. The Labute approximate surface area is 127 Å². The fourth-order valence-electron chi connectivity index (χ4n) is 2.72. The van der Waals surface area contributed by atoms with Crippen molar-refractivity contribution in [2.75, 3.05) is 18.6 Å². The summed E-state index contributed by atoms with van der Waals surface area (Å²) in [6.45, 7) is 8.53. The highest BCUT2D eigenvalue weighted by Crippen LogP contribution is 2.39. The molecule has 1 aromatic carbocycles. The minimum atomic E-state index is -0.488. The smallest absolute Gasteiger partial charge is 0.414 e. The van der Waals surface area contributed by atoms with Gasteiger partial charge in [-0.25, -0.2) is 4.79 Å². The maximum absolute atomic E-state index is 12.4. The van der Waals surface area contributed by atoms with E-state index < -0.39 is 5.60 Å². The summed E-state index contributed by atoms with van der Waals surface area (Å²) < 4.78 is 10.8.